The molecule has 0 aliphatic carbocycles. The molecule has 0 radical (unpaired) electrons. The third kappa shape index (κ3) is 4.05. The van der Waals surface area contributed by atoms with Crippen molar-refractivity contribution in [3.63, 3.8) is 0 Å². The van der Waals surface area contributed by atoms with E-state index in [1.54, 1.807) is 0 Å². The van der Waals surface area contributed by atoms with Crippen molar-refractivity contribution in [2.45, 2.75) is 32.9 Å². The summed E-state index contributed by atoms with van der Waals surface area (Å²) in [5.41, 5.74) is 6.86. The molecule has 5 rings (SSSR count). The van der Waals surface area contributed by atoms with Gasteiger partial charge in [0, 0.05) is 30.3 Å². The molecule has 2 atom stereocenters. The van der Waals surface area contributed by atoms with Gasteiger partial charge >= 0.3 is 0 Å². The highest BCUT2D eigenvalue weighted by molar-refractivity contribution is 7.80. The molecule has 1 aliphatic heterocycles. The number of ether oxygens (including phenoxy) is 1. The number of aromatic nitrogens is 2. The minimum absolute atomic E-state index is 0.0221. The highest BCUT2D eigenvalue weighted by atomic mass is 32.1. The van der Waals surface area contributed by atoms with Gasteiger partial charge in [0.05, 0.1) is 17.8 Å². The highest BCUT2D eigenvalue weighted by Crippen LogP contribution is 2.43. The second kappa shape index (κ2) is 8.95. The third-order valence-electron chi connectivity index (χ3n) is 6.60. The van der Waals surface area contributed by atoms with E-state index in [1.165, 1.54) is 22.5 Å². The molecular weight excluding hydrogens is 440 g/mol. The SMILES string of the molecule is Cc1ccc(Oc2ccc(N3C(=S)N[C@H](c4ccccn4)[C@@H]3c3cc(C)n(C)c3C)cc2)cc1. The van der Waals surface area contributed by atoms with Crippen LogP contribution in [0.1, 0.15) is 40.3 Å². The maximum atomic E-state index is 6.04. The van der Waals surface area contributed by atoms with E-state index < -0.39 is 0 Å². The Kier molecular flexibility index (Phi) is 5.84. The van der Waals surface area contributed by atoms with Crippen molar-refractivity contribution < 1.29 is 4.74 Å². The van der Waals surface area contributed by atoms with Crippen LogP contribution in [0.2, 0.25) is 0 Å². The molecular formula is C28H28N4OS. The number of pyridine rings is 1. The zero-order valence-corrected chi connectivity index (χ0v) is 20.6. The maximum absolute atomic E-state index is 6.04. The summed E-state index contributed by atoms with van der Waals surface area (Å²) in [4.78, 5) is 6.85. The van der Waals surface area contributed by atoms with E-state index in [0.29, 0.717) is 5.11 Å². The third-order valence-corrected chi connectivity index (χ3v) is 6.92. The van der Waals surface area contributed by atoms with E-state index in [4.69, 9.17) is 17.0 Å². The molecule has 1 N–H and O–H groups in total. The van der Waals surface area contributed by atoms with Crippen molar-refractivity contribution >= 4 is 23.0 Å². The van der Waals surface area contributed by atoms with Crippen molar-refractivity contribution in [2.75, 3.05) is 4.90 Å². The Bertz CT molecular complexity index is 1310. The van der Waals surface area contributed by atoms with E-state index in [2.05, 4.69) is 71.9 Å². The van der Waals surface area contributed by atoms with Crippen LogP contribution in [0, 0.1) is 20.8 Å². The van der Waals surface area contributed by atoms with Gasteiger partial charge in [-0.25, -0.2) is 0 Å². The molecule has 5 nitrogen and oxygen atoms in total. The smallest absolute Gasteiger partial charge is 0.174 e. The van der Waals surface area contributed by atoms with Crippen LogP contribution in [0.5, 0.6) is 11.5 Å². The molecule has 0 bridgehead atoms. The summed E-state index contributed by atoms with van der Waals surface area (Å²) in [7, 11) is 2.10. The Hall–Kier alpha value is -3.64. The molecule has 2 aromatic carbocycles. The minimum Gasteiger partial charge on any atom is -0.457 e. The first kappa shape index (κ1) is 22.2. The van der Waals surface area contributed by atoms with Crippen LogP contribution in [-0.4, -0.2) is 14.7 Å². The second-order valence-electron chi connectivity index (χ2n) is 8.79. The number of rotatable bonds is 5. The first-order valence-corrected chi connectivity index (χ1v) is 11.8. The summed E-state index contributed by atoms with van der Waals surface area (Å²) >= 11 is 5.86. The fraction of sp³-hybridized carbons (Fsp3) is 0.214. The van der Waals surface area contributed by atoms with Gasteiger partial charge in [0.25, 0.3) is 0 Å². The fourth-order valence-electron chi connectivity index (χ4n) is 4.55. The van der Waals surface area contributed by atoms with Crippen LogP contribution >= 0.6 is 12.2 Å². The molecule has 172 valence electrons. The van der Waals surface area contributed by atoms with Crippen LogP contribution in [0.4, 0.5) is 5.69 Å². The molecule has 0 unspecified atom stereocenters. The van der Waals surface area contributed by atoms with Gasteiger partial charge in [-0.3, -0.25) is 4.98 Å². The summed E-state index contributed by atoms with van der Waals surface area (Å²) in [5.74, 6) is 1.61. The van der Waals surface area contributed by atoms with Gasteiger partial charge < -0.3 is 19.5 Å². The Morgan fingerprint density at radius 3 is 2.18 bits per heavy atom. The summed E-state index contributed by atoms with van der Waals surface area (Å²) in [5, 5.41) is 4.23. The van der Waals surface area contributed by atoms with Crippen LogP contribution in [-0.2, 0) is 7.05 Å². The van der Waals surface area contributed by atoms with Crippen LogP contribution < -0.4 is 15.0 Å². The zero-order chi connectivity index (χ0) is 23.8. The molecule has 2 aromatic heterocycles. The Labute approximate surface area is 206 Å². The minimum atomic E-state index is -0.0577. The Balaban J connectivity index is 1.51. The van der Waals surface area contributed by atoms with Crippen molar-refractivity contribution in [3.05, 3.63) is 107 Å². The normalized spacial score (nSPS) is 17.6. The maximum Gasteiger partial charge on any atom is 0.174 e. The van der Waals surface area contributed by atoms with Crippen LogP contribution in [0.3, 0.4) is 0 Å². The first-order valence-electron chi connectivity index (χ1n) is 11.4. The average Bonchev–Trinajstić information content (AvgIpc) is 3.32. The summed E-state index contributed by atoms with van der Waals surface area (Å²) < 4.78 is 8.26. The molecule has 0 saturated carbocycles. The molecule has 1 fully saturated rings. The van der Waals surface area contributed by atoms with Gasteiger partial charge in [0.2, 0.25) is 0 Å². The average molecular weight is 469 g/mol. The number of nitrogens with one attached hydrogen (secondary N) is 1. The largest absolute Gasteiger partial charge is 0.457 e. The van der Waals surface area contributed by atoms with E-state index in [1.807, 2.05) is 54.7 Å². The van der Waals surface area contributed by atoms with E-state index in [0.717, 1.165) is 22.9 Å². The topological polar surface area (TPSA) is 42.3 Å². The van der Waals surface area contributed by atoms with E-state index in [-0.39, 0.29) is 12.1 Å². The predicted molar refractivity (Wildman–Crippen MR) is 141 cm³/mol. The summed E-state index contributed by atoms with van der Waals surface area (Å²) in [6.07, 6.45) is 1.83. The van der Waals surface area contributed by atoms with Gasteiger partial charge in [-0.1, -0.05) is 23.8 Å². The number of hydrogen-bond acceptors (Lipinski definition) is 3. The lowest BCUT2D eigenvalue weighted by Gasteiger charge is -2.28. The van der Waals surface area contributed by atoms with E-state index in [9.17, 15) is 0 Å². The standard InChI is InChI=1S/C28H28N4OS/c1-18-8-12-22(13-9-18)33-23-14-10-21(11-15-23)32-27(24-17-19(2)31(4)20(24)3)26(30-28(32)34)25-7-5-6-16-29-25/h5-17,26-27H,1-4H3,(H,30,34)/t26-,27+/m1/s1. The van der Waals surface area contributed by atoms with Gasteiger partial charge in [-0.05, 0) is 93.1 Å². The quantitative estimate of drug-likeness (QED) is 0.348. The van der Waals surface area contributed by atoms with Crippen LogP contribution in [0.25, 0.3) is 0 Å². The first-order chi connectivity index (χ1) is 16.4. The molecule has 0 spiro atoms. The number of aryl methyl sites for hydroxylation is 2. The number of thiocarbonyl (C=S) groups is 1. The van der Waals surface area contributed by atoms with Crippen molar-refractivity contribution in [3.8, 4) is 11.5 Å². The fourth-order valence-corrected chi connectivity index (χ4v) is 4.90. The lowest BCUT2D eigenvalue weighted by Crippen LogP contribution is -2.29. The van der Waals surface area contributed by atoms with Gasteiger partial charge in [0.1, 0.15) is 11.5 Å². The summed E-state index contributed by atoms with van der Waals surface area (Å²) in [6.45, 7) is 6.36. The molecule has 1 aliphatic rings. The molecule has 34 heavy (non-hydrogen) atoms. The number of hydrogen-bond donors (Lipinski definition) is 1. The molecule has 0 amide bonds. The van der Waals surface area contributed by atoms with Crippen molar-refractivity contribution in [1.82, 2.24) is 14.9 Å². The van der Waals surface area contributed by atoms with Crippen LogP contribution in [0.15, 0.2) is 79.0 Å². The Morgan fingerprint density at radius 2 is 1.59 bits per heavy atom. The van der Waals surface area contributed by atoms with Crippen molar-refractivity contribution in [1.29, 1.82) is 0 Å². The lowest BCUT2D eigenvalue weighted by molar-refractivity contribution is 0.482. The van der Waals surface area contributed by atoms with Gasteiger partial charge in [-0.15, -0.1) is 0 Å². The molecule has 1 saturated heterocycles. The number of anilines is 1. The zero-order valence-electron chi connectivity index (χ0n) is 19.8. The second-order valence-corrected chi connectivity index (χ2v) is 9.18. The van der Waals surface area contributed by atoms with E-state index >= 15 is 0 Å². The molecule has 6 heteroatoms. The monoisotopic (exact) mass is 468 g/mol. The highest BCUT2D eigenvalue weighted by Gasteiger charge is 2.42. The van der Waals surface area contributed by atoms with Gasteiger partial charge in [-0.2, -0.15) is 0 Å². The number of benzene rings is 2. The molecule has 4 aromatic rings. The Morgan fingerprint density at radius 1 is 0.912 bits per heavy atom. The summed E-state index contributed by atoms with van der Waals surface area (Å²) in [6, 6.07) is 24.4. The van der Waals surface area contributed by atoms with Crippen molar-refractivity contribution in [2.24, 2.45) is 7.05 Å². The number of nitrogens with zero attached hydrogens (tertiary/aromatic N) is 3. The molecule has 3 heterocycles. The van der Waals surface area contributed by atoms with Gasteiger partial charge in [0.15, 0.2) is 5.11 Å². The predicted octanol–water partition coefficient (Wildman–Crippen LogP) is 6.31. The lowest BCUT2D eigenvalue weighted by atomic mass is 9.96.